The minimum atomic E-state index is 0.517. The van der Waals surface area contributed by atoms with E-state index in [1.165, 1.54) is 32.8 Å². The number of fused-ring (bicyclic) bond motifs is 2. The Morgan fingerprint density at radius 2 is 1.39 bits per heavy atom. The van der Waals surface area contributed by atoms with Gasteiger partial charge in [-0.2, -0.15) is 0 Å². The van der Waals surface area contributed by atoms with E-state index in [4.69, 9.17) is 0 Å². The molecule has 0 amide bonds. The van der Waals surface area contributed by atoms with Gasteiger partial charge in [0, 0.05) is 11.6 Å². The van der Waals surface area contributed by atoms with Crippen molar-refractivity contribution in [3.8, 4) is 11.1 Å². The summed E-state index contributed by atoms with van der Waals surface area (Å²) in [6.07, 6.45) is 1.85. The molecule has 23 heavy (non-hydrogen) atoms. The molecule has 0 saturated heterocycles. The zero-order valence-electron chi connectivity index (χ0n) is 13.5. The summed E-state index contributed by atoms with van der Waals surface area (Å²) >= 11 is 0. The Bertz CT molecular complexity index is 994. The Kier molecular flexibility index (Phi) is 3.34. The molecule has 3 aromatic carbocycles. The van der Waals surface area contributed by atoms with Gasteiger partial charge < -0.3 is 0 Å². The van der Waals surface area contributed by atoms with Crippen LogP contribution in [0.25, 0.3) is 32.8 Å². The van der Waals surface area contributed by atoms with E-state index in [0.717, 1.165) is 5.52 Å². The number of pyridine rings is 1. The van der Waals surface area contributed by atoms with Crippen molar-refractivity contribution in [2.75, 3.05) is 0 Å². The average Bonchev–Trinajstić information content (AvgIpc) is 2.60. The summed E-state index contributed by atoms with van der Waals surface area (Å²) in [6.45, 7) is 4.51. The van der Waals surface area contributed by atoms with E-state index in [2.05, 4.69) is 79.5 Å². The van der Waals surface area contributed by atoms with Crippen LogP contribution in [0.5, 0.6) is 0 Å². The highest BCUT2D eigenvalue weighted by atomic mass is 14.6. The fourth-order valence-corrected chi connectivity index (χ4v) is 3.40. The maximum Gasteiger partial charge on any atom is 0.0708 e. The lowest BCUT2D eigenvalue weighted by molar-refractivity contribution is 0.876. The number of benzene rings is 3. The van der Waals surface area contributed by atoms with Crippen LogP contribution in [-0.4, -0.2) is 4.98 Å². The zero-order chi connectivity index (χ0) is 15.8. The topological polar surface area (TPSA) is 12.9 Å². The molecular formula is C22H19N. The van der Waals surface area contributed by atoms with Crippen LogP contribution in [0.15, 0.2) is 72.9 Å². The van der Waals surface area contributed by atoms with Crippen molar-refractivity contribution in [1.82, 2.24) is 4.98 Å². The molecule has 1 heterocycles. The normalized spacial score (nSPS) is 11.4. The van der Waals surface area contributed by atoms with Crippen LogP contribution in [0.4, 0.5) is 0 Å². The third-order valence-electron chi connectivity index (χ3n) is 4.52. The first-order valence-electron chi connectivity index (χ1n) is 8.11. The van der Waals surface area contributed by atoms with Crippen LogP contribution >= 0.6 is 0 Å². The molecule has 0 atom stereocenters. The first-order valence-corrected chi connectivity index (χ1v) is 8.11. The zero-order valence-corrected chi connectivity index (χ0v) is 13.5. The summed E-state index contributed by atoms with van der Waals surface area (Å²) in [5, 5.41) is 3.87. The van der Waals surface area contributed by atoms with Crippen molar-refractivity contribution in [3.05, 3.63) is 78.5 Å². The van der Waals surface area contributed by atoms with Gasteiger partial charge in [0.2, 0.25) is 0 Å². The fraction of sp³-hybridized carbons (Fsp3) is 0.136. The van der Waals surface area contributed by atoms with Gasteiger partial charge in [0.1, 0.15) is 0 Å². The summed E-state index contributed by atoms with van der Waals surface area (Å²) in [5.41, 5.74) is 4.98. The summed E-state index contributed by atoms with van der Waals surface area (Å²) < 4.78 is 0. The molecule has 0 spiro atoms. The molecule has 0 saturated carbocycles. The molecule has 1 aromatic heterocycles. The van der Waals surface area contributed by atoms with Gasteiger partial charge in [0.25, 0.3) is 0 Å². The Balaban J connectivity index is 2.08. The van der Waals surface area contributed by atoms with E-state index < -0.39 is 0 Å². The fourth-order valence-electron chi connectivity index (χ4n) is 3.40. The van der Waals surface area contributed by atoms with Crippen molar-refractivity contribution in [2.45, 2.75) is 19.8 Å². The molecule has 0 unspecified atom stereocenters. The van der Waals surface area contributed by atoms with Gasteiger partial charge in [0.05, 0.1) is 5.52 Å². The number of hydrogen-bond acceptors (Lipinski definition) is 1. The van der Waals surface area contributed by atoms with Gasteiger partial charge >= 0.3 is 0 Å². The lowest BCUT2D eigenvalue weighted by Gasteiger charge is -2.15. The lowest BCUT2D eigenvalue weighted by Crippen LogP contribution is -1.92. The smallest absolute Gasteiger partial charge is 0.0708 e. The van der Waals surface area contributed by atoms with Gasteiger partial charge in [-0.15, -0.1) is 0 Å². The van der Waals surface area contributed by atoms with Gasteiger partial charge in [-0.3, -0.25) is 4.98 Å². The maximum atomic E-state index is 4.49. The minimum absolute atomic E-state index is 0.517. The molecule has 1 heteroatoms. The van der Waals surface area contributed by atoms with Crippen LogP contribution in [-0.2, 0) is 0 Å². The largest absolute Gasteiger partial charge is 0.256 e. The van der Waals surface area contributed by atoms with E-state index in [-0.39, 0.29) is 0 Å². The number of nitrogens with zero attached hydrogens (tertiary/aromatic N) is 1. The highest BCUT2D eigenvalue weighted by Crippen LogP contribution is 2.36. The van der Waals surface area contributed by atoms with Crippen molar-refractivity contribution in [2.24, 2.45) is 0 Å². The summed E-state index contributed by atoms with van der Waals surface area (Å²) in [6, 6.07) is 23.8. The summed E-state index contributed by atoms with van der Waals surface area (Å²) in [5.74, 6) is 0.517. The first-order chi connectivity index (χ1) is 11.3. The van der Waals surface area contributed by atoms with Crippen molar-refractivity contribution < 1.29 is 0 Å². The van der Waals surface area contributed by atoms with E-state index in [1.807, 2.05) is 12.3 Å². The van der Waals surface area contributed by atoms with Crippen LogP contribution < -0.4 is 0 Å². The summed E-state index contributed by atoms with van der Waals surface area (Å²) in [4.78, 5) is 4.49. The van der Waals surface area contributed by atoms with Crippen LogP contribution in [0.2, 0.25) is 0 Å². The quantitative estimate of drug-likeness (QED) is 0.430. The van der Waals surface area contributed by atoms with E-state index in [9.17, 15) is 0 Å². The molecule has 0 aliphatic carbocycles. The highest BCUT2D eigenvalue weighted by molar-refractivity contribution is 6.05. The highest BCUT2D eigenvalue weighted by Gasteiger charge is 2.11. The molecule has 0 bridgehead atoms. The number of aromatic nitrogens is 1. The van der Waals surface area contributed by atoms with Crippen molar-refractivity contribution in [1.29, 1.82) is 0 Å². The molecule has 4 aromatic rings. The van der Waals surface area contributed by atoms with Gasteiger partial charge in [0.15, 0.2) is 0 Å². The molecule has 0 N–H and O–H groups in total. The van der Waals surface area contributed by atoms with Gasteiger partial charge in [-0.05, 0) is 45.5 Å². The molecule has 112 valence electrons. The summed E-state index contributed by atoms with van der Waals surface area (Å²) in [7, 11) is 0. The minimum Gasteiger partial charge on any atom is -0.256 e. The molecular weight excluding hydrogens is 278 g/mol. The maximum absolute atomic E-state index is 4.49. The number of hydrogen-bond donors (Lipinski definition) is 0. The number of rotatable bonds is 2. The van der Waals surface area contributed by atoms with Crippen LogP contribution in [0.1, 0.15) is 25.3 Å². The van der Waals surface area contributed by atoms with Crippen LogP contribution in [0.3, 0.4) is 0 Å². The predicted molar refractivity (Wildman–Crippen MR) is 98.8 cm³/mol. The Morgan fingerprint density at radius 1 is 0.652 bits per heavy atom. The van der Waals surface area contributed by atoms with Crippen molar-refractivity contribution in [3.63, 3.8) is 0 Å². The standard InChI is InChI=1S/C22H19N/c1-15(2)16-12-13-20(18-8-4-3-7-17(16)18)19-9-5-11-22-21(19)10-6-14-23-22/h3-15H,1-2H3. The second kappa shape index (κ2) is 5.51. The molecule has 0 fully saturated rings. The second-order valence-electron chi connectivity index (χ2n) is 6.28. The predicted octanol–water partition coefficient (Wildman–Crippen LogP) is 6.18. The van der Waals surface area contributed by atoms with Crippen LogP contribution in [0, 0.1) is 0 Å². The van der Waals surface area contributed by atoms with E-state index >= 15 is 0 Å². The van der Waals surface area contributed by atoms with Gasteiger partial charge in [-0.1, -0.05) is 68.4 Å². The average molecular weight is 297 g/mol. The Morgan fingerprint density at radius 3 is 2.22 bits per heavy atom. The molecule has 1 nitrogen and oxygen atoms in total. The van der Waals surface area contributed by atoms with Gasteiger partial charge in [-0.25, -0.2) is 0 Å². The molecule has 4 rings (SSSR count). The SMILES string of the molecule is CC(C)c1ccc(-c2cccc3ncccc23)c2ccccc12. The monoisotopic (exact) mass is 297 g/mol. The third kappa shape index (κ3) is 2.29. The molecule has 0 aliphatic heterocycles. The lowest BCUT2D eigenvalue weighted by atomic mass is 9.89. The Hall–Kier alpha value is -2.67. The van der Waals surface area contributed by atoms with E-state index in [0.29, 0.717) is 5.92 Å². The van der Waals surface area contributed by atoms with Crippen molar-refractivity contribution >= 4 is 21.7 Å². The Labute approximate surface area is 136 Å². The molecule has 0 aliphatic rings. The first kappa shape index (κ1) is 14.0. The second-order valence-corrected chi connectivity index (χ2v) is 6.28. The molecule has 0 radical (unpaired) electrons. The third-order valence-corrected chi connectivity index (χ3v) is 4.52. The van der Waals surface area contributed by atoms with E-state index in [1.54, 1.807) is 0 Å².